The molecule has 0 unspecified atom stereocenters. The van der Waals surface area contributed by atoms with Crippen molar-refractivity contribution in [1.29, 1.82) is 0 Å². The highest BCUT2D eigenvalue weighted by atomic mass is 32.2. The normalized spacial score (nSPS) is 15.6. The van der Waals surface area contributed by atoms with E-state index in [2.05, 4.69) is 15.3 Å². The lowest BCUT2D eigenvalue weighted by Gasteiger charge is -2.31. The lowest BCUT2D eigenvalue weighted by molar-refractivity contribution is -0.129. The number of carbonyl (C=O) groups excluding carboxylic acids is 1. The number of hydrogen-bond donors (Lipinski definition) is 2. The number of aliphatic hydroxyl groups excluding tert-OH is 1. The minimum atomic E-state index is -3.90. The van der Waals surface area contributed by atoms with Crippen LogP contribution in [0.1, 0.15) is 52.3 Å². The molecule has 0 aliphatic carbocycles. The fourth-order valence-electron chi connectivity index (χ4n) is 7.31. The second kappa shape index (κ2) is 21.8. The number of azide groups is 1. The molecule has 14 heteroatoms. The fourth-order valence-corrected chi connectivity index (χ4v) is 8.70. The molecule has 0 aromatic heterocycles. The van der Waals surface area contributed by atoms with Crippen LogP contribution >= 0.6 is 0 Å². The molecule has 1 aliphatic heterocycles. The Labute approximate surface area is 372 Å². The minimum absolute atomic E-state index is 0.00392. The monoisotopic (exact) mass is 879 g/mol. The van der Waals surface area contributed by atoms with Gasteiger partial charge in [0, 0.05) is 36.5 Å². The van der Waals surface area contributed by atoms with E-state index in [-0.39, 0.29) is 36.9 Å². The Morgan fingerprint density at radius 2 is 1.42 bits per heavy atom. The van der Waals surface area contributed by atoms with Gasteiger partial charge in [0.15, 0.2) is 33.0 Å². The quantitative estimate of drug-likeness (QED) is 0.0293. The number of amides is 1. The summed E-state index contributed by atoms with van der Waals surface area (Å²) in [5, 5.41) is 16.1. The molecule has 0 bridgehead atoms. The zero-order chi connectivity index (χ0) is 44.6. The number of benzene rings is 6. The number of aliphatic imine (C=N–C) groups is 1. The lowest BCUT2D eigenvalue weighted by Crippen LogP contribution is -2.50. The third-order valence-electron chi connectivity index (χ3n) is 10.7. The molecule has 0 saturated heterocycles. The van der Waals surface area contributed by atoms with Crippen molar-refractivity contribution in [3.05, 3.63) is 202 Å². The summed E-state index contributed by atoms with van der Waals surface area (Å²) in [5.41, 5.74) is 12.0. The molecule has 0 saturated carbocycles. The highest BCUT2D eigenvalue weighted by Crippen LogP contribution is 2.44. The van der Waals surface area contributed by atoms with Crippen molar-refractivity contribution in [1.82, 2.24) is 5.32 Å². The lowest BCUT2D eigenvalue weighted by atomic mass is 9.83. The van der Waals surface area contributed by atoms with Gasteiger partial charge in [-0.2, -0.15) is 0 Å². The molecule has 2 N–H and O–H groups in total. The molecule has 2 atom stereocenters. The van der Waals surface area contributed by atoms with Crippen LogP contribution in [0.2, 0.25) is 0 Å². The van der Waals surface area contributed by atoms with Crippen molar-refractivity contribution in [3.8, 4) is 17.2 Å². The maximum Gasteiger partial charge on any atom is 0.252 e. The number of nitrogens with one attached hydrogen (secondary N) is 1. The van der Waals surface area contributed by atoms with Crippen LogP contribution in [-0.4, -0.2) is 56.4 Å². The highest BCUT2D eigenvalue weighted by Gasteiger charge is 2.54. The maximum atomic E-state index is 15.0. The molecule has 13 nitrogen and oxygen atoms in total. The van der Waals surface area contributed by atoms with E-state index in [0.29, 0.717) is 66.6 Å². The van der Waals surface area contributed by atoms with Gasteiger partial charge >= 0.3 is 0 Å². The van der Waals surface area contributed by atoms with Crippen LogP contribution in [0, 0.1) is 0 Å². The van der Waals surface area contributed by atoms with Crippen LogP contribution < -0.4 is 19.5 Å². The van der Waals surface area contributed by atoms with E-state index in [1.54, 1.807) is 66.7 Å². The first-order valence-electron chi connectivity index (χ1n) is 21.0. The van der Waals surface area contributed by atoms with E-state index in [4.69, 9.17) is 23.9 Å². The Bertz CT molecular complexity index is 2660. The summed E-state index contributed by atoms with van der Waals surface area (Å²) in [4.78, 5) is 23.1. The molecule has 1 aliphatic rings. The summed E-state index contributed by atoms with van der Waals surface area (Å²) in [5.74, 6) is 0.846. The first kappa shape index (κ1) is 44.9. The number of ether oxygens (including phenoxy) is 4. The first-order chi connectivity index (χ1) is 31.3. The number of sulfone groups is 1. The number of aliphatic hydroxyl groups is 1. The van der Waals surface area contributed by atoms with E-state index in [9.17, 15) is 19.1 Å². The molecule has 328 valence electrons. The van der Waals surface area contributed by atoms with Crippen LogP contribution in [0.3, 0.4) is 0 Å². The van der Waals surface area contributed by atoms with Gasteiger partial charge in [-0.15, -0.1) is 0 Å². The summed E-state index contributed by atoms with van der Waals surface area (Å²) in [6.45, 7) is 1.11. The zero-order valence-electron chi connectivity index (χ0n) is 35.2. The predicted molar refractivity (Wildman–Crippen MR) is 244 cm³/mol. The topological polar surface area (TPSA) is 182 Å². The fraction of sp³-hybridized carbons (Fsp3) is 0.240. The number of hydrogen-bond acceptors (Lipinski definition) is 10. The van der Waals surface area contributed by atoms with Gasteiger partial charge in [0.25, 0.3) is 5.91 Å². The Balaban J connectivity index is 1.20. The van der Waals surface area contributed by atoms with Gasteiger partial charge in [-0.05, 0) is 88.3 Å². The van der Waals surface area contributed by atoms with Gasteiger partial charge in [0.1, 0.15) is 19.0 Å². The van der Waals surface area contributed by atoms with Gasteiger partial charge in [-0.25, -0.2) is 13.4 Å². The predicted octanol–water partition coefficient (Wildman–Crippen LogP) is 8.90. The van der Waals surface area contributed by atoms with Crippen molar-refractivity contribution in [3.63, 3.8) is 0 Å². The summed E-state index contributed by atoms with van der Waals surface area (Å²) >= 11 is 0. The Hall–Kier alpha value is -7.12. The molecule has 0 fully saturated rings. The minimum Gasteiger partial charge on any atom is -0.494 e. The maximum absolute atomic E-state index is 15.0. The highest BCUT2D eigenvalue weighted by molar-refractivity contribution is 7.91. The van der Waals surface area contributed by atoms with Gasteiger partial charge in [-0.3, -0.25) is 4.79 Å². The molecule has 64 heavy (non-hydrogen) atoms. The summed E-state index contributed by atoms with van der Waals surface area (Å²) < 4.78 is 52.8. The summed E-state index contributed by atoms with van der Waals surface area (Å²) in [6.07, 6.45) is -0.501. The van der Waals surface area contributed by atoms with Crippen LogP contribution in [0.4, 0.5) is 0 Å². The van der Waals surface area contributed by atoms with Crippen molar-refractivity contribution in [2.24, 2.45) is 10.1 Å². The average molecular weight is 880 g/mol. The van der Waals surface area contributed by atoms with Crippen molar-refractivity contribution in [2.45, 2.75) is 55.6 Å². The van der Waals surface area contributed by atoms with Crippen molar-refractivity contribution in [2.75, 3.05) is 25.5 Å². The Morgan fingerprint density at radius 1 is 0.781 bits per heavy atom. The van der Waals surface area contributed by atoms with Gasteiger partial charge < -0.3 is 29.4 Å². The molecule has 6 aromatic rings. The van der Waals surface area contributed by atoms with Gasteiger partial charge in [0.2, 0.25) is 5.90 Å². The average Bonchev–Trinajstić information content (AvgIpc) is 3.73. The second-order valence-corrected chi connectivity index (χ2v) is 17.2. The number of nitrogens with zero attached hydrogens (tertiary/aromatic N) is 4. The largest absolute Gasteiger partial charge is 0.494 e. The van der Waals surface area contributed by atoms with Crippen molar-refractivity contribution < 1.29 is 37.3 Å². The van der Waals surface area contributed by atoms with E-state index in [1.807, 2.05) is 78.9 Å². The second-order valence-electron chi connectivity index (χ2n) is 15.1. The molecule has 7 rings (SSSR count). The Kier molecular flexibility index (Phi) is 15.3. The van der Waals surface area contributed by atoms with Gasteiger partial charge in [-0.1, -0.05) is 114 Å². The van der Waals surface area contributed by atoms with E-state index < -0.39 is 33.1 Å². The van der Waals surface area contributed by atoms with Crippen LogP contribution in [0.25, 0.3) is 10.4 Å². The summed E-state index contributed by atoms with van der Waals surface area (Å²) in [7, 11) is -3.90. The van der Waals surface area contributed by atoms with E-state index in [0.717, 1.165) is 16.7 Å². The number of rotatable bonds is 22. The SMILES string of the molecule is [N-]=[N+]=NCc1ccccc1[C@H]1OC(c2ccc(OCCCO)cc2)=N[C@@]1(CCS(=O)(=O)c1ccccc1)C(=O)NCCc1ccc(OCc2ccccc2)c(OCc2ccccc2)c1. The van der Waals surface area contributed by atoms with Crippen LogP contribution in [-0.2, 0) is 45.5 Å². The zero-order valence-corrected chi connectivity index (χ0v) is 36.0. The number of carbonyl (C=O) groups is 1. The van der Waals surface area contributed by atoms with E-state index in [1.165, 1.54) is 12.1 Å². The third-order valence-corrected chi connectivity index (χ3v) is 12.4. The van der Waals surface area contributed by atoms with Crippen LogP contribution in [0.15, 0.2) is 173 Å². The van der Waals surface area contributed by atoms with E-state index >= 15 is 4.79 Å². The first-order valence-corrected chi connectivity index (χ1v) is 22.6. The molecule has 1 heterocycles. The van der Waals surface area contributed by atoms with Crippen LogP contribution in [0.5, 0.6) is 17.2 Å². The standard InChI is InChI=1S/C50H49N5O8S/c51-55-53-34-41-17-10-11-20-44(41)47-50(28-32-64(58,59)43-18-8-3-9-19-43,54-48(63-47)40-22-24-42(25-23-40)60-31-12-30-56)49(57)52-29-27-37-21-26-45(61-35-38-13-4-1-5-14-38)46(33-37)62-36-39-15-6-2-7-16-39/h1-11,13-26,33,47,56H,12,27-32,34-36H2,(H,52,57)/t47-,50-/m1/s1. The third kappa shape index (κ3) is 11.5. The molecule has 0 radical (unpaired) electrons. The smallest absolute Gasteiger partial charge is 0.252 e. The molecule has 6 aromatic carbocycles. The van der Waals surface area contributed by atoms with Gasteiger partial charge in [0.05, 0.1) is 23.8 Å². The molecular formula is C50H49N5O8S. The Morgan fingerprint density at radius 3 is 2.09 bits per heavy atom. The molecule has 0 spiro atoms. The summed E-state index contributed by atoms with van der Waals surface area (Å²) in [6, 6.07) is 47.5. The van der Waals surface area contributed by atoms with Crippen molar-refractivity contribution >= 4 is 21.6 Å². The molecular weight excluding hydrogens is 831 g/mol. The molecule has 1 amide bonds.